The van der Waals surface area contributed by atoms with E-state index in [9.17, 15) is 0 Å². The van der Waals surface area contributed by atoms with Gasteiger partial charge in [0.2, 0.25) is 0 Å². The molecule has 0 spiro atoms. The summed E-state index contributed by atoms with van der Waals surface area (Å²) in [7, 11) is 6.30. The largest absolute Gasteiger partial charge is 0.378 e. The first-order chi connectivity index (χ1) is 10.4. The SMILES string of the molecule is CCn1nc(C)c(CN(C)Cc2ccc(N(C)C)cc2)c1C. The molecule has 2 aromatic rings. The van der Waals surface area contributed by atoms with E-state index in [0.29, 0.717) is 0 Å². The summed E-state index contributed by atoms with van der Waals surface area (Å²) in [4.78, 5) is 4.47. The van der Waals surface area contributed by atoms with E-state index in [0.717, 1.165) is 25.3 Å². The summed E-state index contributed by atoms with van der Waals surface area (Å²) in [6, 6.07) is 8.77. The lowest BCUT2D eigenvalue weighted by Gasteiger charge is -2.18. The molecule has 1 aromatic carbocycles. The maximum atomic E-state index is 4.60. The van der Waals surface area contributed by atoms with E-state index in [1.165, 1.54) is 22.5 Å². The van der Waals surface area contributed by atoms with E-state index in [-0.39, 0.29) is 0 Å². The maximum Gasteiger partial charge on any atom is 0.0641 e. The smallest absolute Gasteiger partial charge is 0.0641 e. The summed E-state index contributed by atoms with van der Waals surface area (Å²) >= 11 is 0. The number of anilines is 1. The van der Waals surface area contributed by atoms with Crippen LogP contribution in [0.15, 0.2) is 24.3 Å². The predicted molar refractivity (Wildman–Crippen MR) is 93.3 cm³/mol. The number of aryl methyl sites for hydroxylation is 2. The third-order valence-corrected chi connectivity index (χ3v) is 4.16. The Hall–Kier alpha value is -1.81. The molecule has 0 atom stereocenters. The predicted octanol–water partition coefficient (Wildman–Crippen LogP) is 3.22. The van der Waals surface area contributed by atoms with Crippen molar-refractivity contribution >= 4 is 5.69 Å². The van der Waals surface area contributed by atoms with Crippen LogP contribution < -0.4 is 4.90 Å². The Morgan fingerprint density at radius 1 is 1.00 bits per heavy atom. The zero-order valence-corrected chi connectivity index (χ0v) is 14.7. The Kier molecular flexibility index (Phi) is 5.24. The Morgan fingerprint density at radius 2 is 1.64 bits per heavy atom. The van der Waals surface area contributed by atoms with Crippen molar-refractivity contribution in [1.82, 2.24) is 14.7 Å². The molecule has 1 heterocycles. The molecule has 22 heavy (non-hydrogen) atoms. The molecule has 0 bridgehead atoms. The van der Waals surface area contributed by atoms with Gasteiger partial charge in [0.25, 0.3) is 0 Å². The second-order valence-corrected chi connectivity index (χ2v) is 6.20. The van der Waals surface area contributed by atoms with Crippen molar-refractivity contribution < 1.29 is 0 Å². The van der Waals surface area contributed by atoms with Crippen LogP contribution in [0, 0.1) is 13.8 Å². The summed E-state index contributed by atoms with van der Waals surface area (Å²) in [6.45, 7) is 9.23. The van der Waals surface area contributed by atoms with Crippen molar-refractivity contribution in [2.75, 3.05) is 26.0 Å². The Bertz CT molecular complexity index is 611. The van der Waals surface area contributed by atoms with Gasteiger partial charge >= 0.3 is 0 Å². The van der Waals surface area contributed by atoms with E-state index in [1.54, 1.807) is 0 Å². The minimum absolute atomic E-state index is 0.933. The van der Waals surface area contributed by atoms with Crippen molar-refractivity contribution in [1.29, 1.82) is 0 Å². The van der Waals surface area contributed by atoms with Crippen LogP contribution in [0.5, 0.6) is 0 Å². The van der Waals surface area contributed by atoms with Gasteiger partial charge in [0.1, 0.15) is 0 Å². The zero-order chi connectivity index (χ0) is 16.3. The Morgan fingerprint density at radius 3 is 2.14 bits per heavy atom. The molecule has 0 aliphatic heterocycles. The second-order valence-electron chi connectivity index (χ2n) is 6.20. The van der Waals surface area contributed by atoms with Gasteiger partial charge in [-0.05, 0) is 45.5 Å². The lowest BCUT2D eigenvalue weighted by Crippen LogP contribution is -2.18. The van der Waals surface area contributed by atoms with Crippen LogP contribution in [0.4, 0.5) is 5.69 Å². The minimum atomic E-state index is 0.933. The number of hydrogen-bond donors (Lipinski definition) is 0. The van der Waals surface area contributed by atoms with Crippen LogP contribution in [-0.4, -0.2) is 35.8 Å². The molecule has 0 unspecified atom stereocenters. The first kappa shape index (κ1) is 16.6. The van der Waals surface area contributed by atoms with Crippen molar-refractivity contribution in [3.8, 4) is 0 Å². The topological polar surface area (TPSA) is 24.3 Å². The fraction of sp³-hybridized carbons (Fsp3) is 0.500. The van der Waals surface area contributed by atoms with E-state index >= 15 is 0 Å². The number of benzene rings is 1. The van der Waals surface area contributed by atoms with Gasteiger partial charge in [-0.1, -0.05) is 12.1 Å². The van der Waals surface area contributed by atoms with E-state index < -0.39 is 0 Å². The second kappa shape index (κ2) is 6.97. The van der Waals surface area contributed by atoms with Crippen LogP contribution in [0.2, 0.25) is 0 Å². The average molecular weight is 300 g/mol. The van der Waals surface area contributed by atoms with E-state index in [4.69, 9.17) is 0 Å². The molecule has 4 nitrogen and oxygen atoms in total. The minimum Gasteiger partial charge on any atom is -0.378 e. The van der Waals surface area contributed by atoms with Gasteiger partial charge in [0.05, 0.1) is 5.69 Å². The molecule has 0 aliphatic rings. The number of hydrogen-bond acceptors (Lipinski definition) is 3. The van der Waals surface area contributed by atoms with Crippen LogP contribution in [-0.2, 0) is 19.6 Å². The third kappa shape index (κ3) is 3.69. The summed E-state index contributed by atoms with van der Waals surface area (Å²) in [5, 5.41) is 4.60. The van der Waals surface area contributed by atoms with Gasteiger partial charge in [-0.3, -0.25) is 9.58 Å². The van der Waals surface area contributed by atoms with E-state index in [1.807, 2.05) is 0 Å². The van der Waals surface area contributed by atoms with Crippen molar-refractivity contribution in [3.63, 3.8) is 0 Å². The molecule has 0 N–H and O–H groups in total. The van der Waals surface area contributed by atoms with Gasteiger partial charge < -0.3 is 4.90 Å². The summed E-state index contributed by atoms with van der Waals surface area (Å²) in [5.41, 5.74) is 6.37. The highest BCUT2D eigenvalue weighted by molar-refractivity contribution is 5.45. The highest BCUT2D eigenvalue weighted by Crippen LogP contribution is 2.17. The zero-order valence-electron chi connectivity index (χ0n) is 14.7. The van der Waals surface area contributed by atoms with Gasteiger partial charge in [-0.25, -0.2) is 0 Å². The standard InChI is InChI=1S/C18H28N4/c1-7-22-15(3)18(14(2)19-22)13-21(6)12-16-8-10-17(11-9-16)20(4)5/h8-11H,7,12-13H2,1-6H3. The number of rotatable bonds is 6. The molecule has 120 valence electrons. The van der Waals surface area contributed by atoms with Crippen molar-refractivity contribution in [2.24, 2.45) is 0 Å². The van der Waals surface area contributed by atoms with Crippen molar-refractivity contribution in [2.45, 2.75) is 40.4 Å². The molecule has 0 amide bonds. The molecular weight excluding hydrogens is 272 g/mol. The number of nitrogens with zero attached hydrogens (tertiary/aromatic N) is 4. The van der Waals surface area contributed by atoms with Crippen LogP contribution in [0.3, 0.4) is 0 Å². The highest BCUT2D eigenvalue weighted by atomic mass is 15.3. The van der Waals surface area contributed by atoms with Gasteiger partial charge in [0.15, 0.2) is 0 Å². The van der Waals surface area contributed by atoms with Crippen molar-refractivity contribution in [3.05, 3.63) is 46.8 Å². The number of aromatic nitrogens is 2. The van der Waals surface area contributed by atoms with Crippen LogP contribution in [0.25, 0.3) is 0 Å². The first-order valence-corrected chi connectivity index (χ1v) is 7.90. The molecular formula is C18H28N4. The van der Waals surface area contributed by atoms with Gasteiger partial charge in [0, 0.05) is 50.7 Å². The Labute approximate surface area is 134 Å². The fourth-order valence-electron chi connectivity index (χ4n) is 2.81. The normalized spacial score (nSPS) is 11.2. The molecule has 2 rings (SSSR count). The van der Waals surface area contributed by atoms with Crippen LogP contribution in [0.1, 0.15) is 29.4 Å². The lowest BCUT2D eigenvalue weighted by molar-refractivity contribution is 0.317. The first-order valence-electron chi connectivity index (χ1n) is 7.90. The van der Waals surface area contributed by atoms with Crippen LogP contribution >= 0.6 is 0 Å². The third-order valence-electron chi connectivity index (χ3n) is 4.16. The monoisotopic (exact) mass is 300 g/mol. The summed E-state index contributed by atoms with van der Waals surface area (Å²) in [5.74, 6) is 0. The summed E-state index contributed by atoms with van der Waals surface area (Å²) in [6.07, 6.45) is 0. The molecule has 0 saturated heterocycles. The van der Waals surface area contributed by atoms with Gasteiger partial charge in [-0.2, -0.15) is 5.10 Å². The molecule has 0 aliphatic carbocycles. The van der Waals surface area contributed by atoms with Gasteiger partial charge in [-0.15, -0.1) is 0 Å². The quantitative estimate of drug-likeness (QED) is 0.818. The highest BCUT2D eigenvalue weighted by Gasteiger charge is 2.12. The summed E-state index contributed by atoms with van der Waals surface area (Å²) < 4.78 is 2.09. The fourth-order valence-corrected chi connectivity index (χ4v) is 2.81. The Balaban J connectivity index is 2.04. The molecule has 0 fully saturated rings. The molecule has 0 saturated carbocycles. The molecule has 0 radical (unpaired) electrons. The average Bonchev–Trinajstić information content (AvgIpc) is 2.75. The van der Waals surface area contributed by atoms with E-state index in [2.05, 4.69) is 85.8 Å². The molecule has 4 heteroatoms. The lowest BCUT2D eigenvalue weighted by atomic mass is 10.1. The maximum absolute atomic E-state index is 4.60. The molecule has 1 aromatic heterocycles.